The van der Waals surface area contributed by atoms with Gasteiger partial charge < -0.3 is 5.32 Å². The van der Waals surface area contributed by atoms with Crippen molar-refractivity contribution in [2.45, 2.75) is 18.4 Å². The molecule has 0 aromatic rings. The summed E-state index contributed by atoms with van der Waals surface area (Å²) in [5, 5.41) is 4.64. The summed E-state index contributed by atoms with van der Waals surface area (Å²) in [6.45, 7) is 0.230. The van der Waals surface area contributed by atoms with Crippen LogP contribution in [0, 0.1) is 0 Å². The van der Waals surface area contributed by atoms with Crippen LogP contribution < -0.4 is 10.6 Å². The van der Waals surface area contributed by atoms with E-state index in [0.717, 1.165) is 0 Å². The molecule has 102 valence electrons. The average Bonchev–Trinajstić information content (AvgIpc) is 2.83. The van der Waals surface area contributed by atoms with Gasteiger partial charge in [0.1, 0.15) is 5.54 Å². The second-order valence-electron chi connectivity index (χ2n) is 4.43. The number of imide groups is 1. The smallest absolute Gasteiger partial charge is 0.322 e. The molecule has 7 nitrogen and oxygen atoms in total. The van der Waals surface area contributed by atoms with Gasteiger partial charge in [0.05, 0.1) is 5.75 Å². The van der Waals surface area contributed by atoms with E-state index < -0.39 is 27.5 Å². The Morgan fingerprint density at radius 2 is 2.11 bits per heavy atom. The van der Waals surface area contributed by atoms with Crippen LogP contribution in [0.4, 0.5) is 4.79 Å². The van der Waals surface area contributed by atoms with Gasteiger partial charge in [0.15, 0.2) is 0 Å². The van der Waals surface area contributed by atoms with Gasteiger partial charge in [-0.25, -0.2) is 13.2 Å². The summed E-state index contributed by atoms with van der Waals surface area (Å²) in [4.78, 5) is 22.8. The predicted octanol–water partition coefficient (Wildman–Crippen LogP) is -0.771. The Kier molecular flexibility index (Phi) is 3.52. The molecule has 1 unspecified atom stereocenters. The van der Waals surface area contributed by atoms with Crippen LogP contribution in [-0.2, 0) is 14.8 Å². The van der Waals surface area contributed by atoms with Crippen molar-refractivity contribution in [3.63, 3.8) is 0 Å². The van der Waals surface area contributed by atoms with Crippen molar-refractivity contribution in [3.05, 3.63) is 0 Å². The molecular formula is C9H14ClN3O4S. The highest BCUT2D eigenvalue weighted by Gasteiger charge is 2.52. The second kappa shape index (κ2) is 4.67. The monoisotopic (exact) mass is 295 g/mol. The fraction of sp³-hybridized carbons (Fsp3) is 0.778. The number of carbonyl (C=O) groups is 2. The standard InChI is InChI=1S/C9H14ClN3O4S/c10-3-1-5-18(16,17)13-4-2-9(6-13)7(14)11-8(15)12-9/h1-6H2,(H2,11,12,14,15). The Bertz CT molecular complexity index is 480. The molecule has 2 rings (SSSR count). The van der Waals surface area contributed by atoms with Crippen molar-refractivity contribution in [2.75, 3.05) is 24.7 Å². The molecule has 0 radical (unpaired) electrons. The van der Waals surface area contributed by atoms with Crippen molar-refractivity contribution in [3.8, 4) is 0 Å². The Morgan fingerprint density at radius 1 is 1.39 bits per heavy atom. The Hall–Kier alpha value is -0.860. The summed E-state index contributed by atoms with van der Waals surface area (Å²) < 4.78 is 25.1. The third-order valence-electron chi connectivity index (χ3n) is 3.18. The average molecular weight is 296 g/mol. The fourth-order valence-corrected chi connectivity index (χ4v) is 4.04. The summed E-state index contributed by atoms with van der Waals surface area (Å²) >= 11 is 5.47. The lowest BCUT2D eigenvalue weighted by atomic mass is 10.00. The van der Waals surface area contributed by atoms with E-state index in [-0.39, 0.29) is 24.7 Å². The van der Waals surface area contributed by atoms with Crippen molar-refractivity contribution in [1.82, 2.24) is 14.9 Å². The highest BCUT2D eigenvalue weighted by Crippen LogP contribution is 2.26. The number of nitrogens with one attached hydrogen (secondary N) is 2. The normalized spacial score (nSPS) is 28.7. The summed E-state index contributed by atoms with van der Waals surface area (Å²) in [6.07, 6.45) is 0.663. The lowest BCUT2D eigenvalue weighted by Gasteiger charge is -2.20. The van der Waals surface area contributed by atoms with Gasteiger partial charge in [-0.1, -0.05) is 0 Å². The van der Waals surface area contributed by atoms with Gasteiger partial charge in [-0.3, -0.25) is 10.1 Å². The maximum absolute atomic E-state index is 11.9. The number of urea groups is 1. The molecule has 2 aliphatic rings. The molecule has 0 aromatic carbocycles. The lowest BCUT2D eigenvalue weighted by molar-refractivity contribution is -0.123. The Morgan fingerprint density at radius 3 is 2.67 bits per heavy atom. The van der Waals surface area contributed by atoms with E-state index in [0.29, 0.717) is 12.8 Å². The number of hydrogen-bond donors (Lipinski definition) is 2. The highest BCUT2D eigenvalue weighted by atomic mass is 35.5. The van der Waals surface area contributed by atoms with E-state index in [1.165, 1.54) is 4.31 Å². The molecule has 1 atom stereocenters. The molecule has 9 heteroatoms. The van der Waals surface area contributed by atoms with Crippen LogP contribution in [-0.4, -0.2) is 54.9 Å². The second-order valence-corrected chi connectivity index (χ2v) is 6.90. The third kappa shape index (κ3) is 2.32. The topological polar surface area (TPSA) is 95.6 Å². The Labute approximate surface area is 110 Å². The van der Waals surface area contributed by atoms with Gasteiger partial charge in [-0.05, 0) is 12.8 Å². The fourth-order valence-electron chi connectivity index (χ4n) is 2.19. The molecule has 2 N–H and O–H groups in total. The molecule has 18 heavy (non-hydrogen) atoms. The molecule has 2 heterocycles. The van der Waals surface area contributed by atoms with Crippen molar-refractivity contribution >= 4 is 33.6 Å². The van der Waals surface area contributed by atoms with E-state index in [1.54, 1.807) is 0 Å². The van der Waals surface area contributed by atoms with Crippen LogP contribution in [0.2, 0.25) is 0 Å². The minimum Gasteiger partial charge on any atom is -0.322 e. The molecular weight excluding hydrogens is 282 g/mol. The van der Waals surface area contributed by atoms with E-state index >= 15 is 0 Å². The van der Waals surface area contributed by atoms with E-state index in [9.17, 15) is 18.0 Å². The van der Waals surface area contributed by atoms with E-state index in [4.69, 9.17) is 11.6 Å². The summed E-state index contributed by atoms with van der Waals surface area (Å²) in [7, 11) is -3.41. The first-order valence-electron chi connectivity index (χ1n) is 5.57. The van der Waals surface area contributed by atoms with Crippen molar-refractivity contribution in [2.24, 2.45) is 0 Å². The molecule has 1 spiro atoms. The predicted molar refractivity (Wildman–Crippen MR) is 64.7 cm³/mol. The quantitative estimate of drug-likeness (QED) is 0.526. The number of halogens is 1. The molecule has 3 amide bonds. The first-order valence-corrected chi connectivity index (χ1v) is 7.71. The van der Waals surface area contributed by atoms with Gasteiger partial charge in [0.2, 0.25) is 10.0 Å². The largest absolute Gasteiger partial charge is 0.322 e. The molecule has 2 fully saturated rings. The number of amides is 3. The summed E-state index contributed by atoms with van der Waals surface area (Å²) in [5.41, 5.74) is -1.09. The number of hydrogen-bond acceptors (Lipinski definition) is 4. The van der Waals surface area contributed by atoms with Gasteiger partial charge in [-0.15, -0.1) is 11.6 Å². The molecule has 0 saturated carbocycles. The minimum absolute atomic E-state index is 0.00477. The third-order valence-corrected chi connectivity index (χ3v) is 5.35. The molecule has 2 aliphatic heterocycles. The molecule has 2 saturated heterocycles. The Balaban J connectivity index is 2.09. The van der Waals surface area contributed by atoms with E-state index in [2.05, 4.69) is 10.6 Å². The number of alkyl halides is 1. The van der Waals surface area contributed by atoms with Crippen molar-refractivity contribution < 1.29 is 18.0 Å². The maximum atomic E-state index is 11.9. The zero-order valence-electron chi connectivity index (χ0n) is 9.61. The van der Waals surface area contributed by atoms with Crippen LogP contribution in [0.15, 0.2) is 0 Å². The first-order chi connectivity index (χ1) is 8.39. The SMILES string of the molecule is O=C1NC(=O)C2(CCN(S(=O)(=O)CCCCl)C2)N1. The number of sulfonamides is 1. The van der Waals surface area contributed by atoms with Crippen molar-refractivity contribution in [1.29, 1.82) is 0 Å². The lowest BCUT2D eigenvalue weighted by Crippen LogP contribution is -2.49. The summed E-state index contributed by atoms with van der Waals surface area (Å²) in [6, 6.07) is -0.569. The van der Waals surface area contributed by atoms with Gasteiger partial charge >= 0.3 is 6.03 Å². The van der Waals surface area contributed by atoms with Crippen LogP contribution in [0.1, 0.15) is 12.8 Å². The zero-order valence-corrected chi connectivity index (χ0v) is 11.2. The molecule has 0 aromatic heterocycles. The zero-order chi connectivity index (χ0) is 13.4. The number of nitrogens with zero attached hydrogens (tertiary/aromatic N) is 1. The number of rotatable bonds is 4. The van der Waals surface area contributed by atoms with Gasteiger partial charge in [-0.2, -0.15) is 4.31 Å². The summed E-state index contributed by atoms with van der Waals surface area (Å²) in [5.74, 6) is -0.222. The highest BCUT2D eigenvalue weighted by molar-refractivity contribution is 7.89. The van der Waals surface area contributed by atoms with Gasteiger partial charge in [0.25, 0.3) is 5.91 Å². The minimum atomic E-state index is -3.41. The molecule has 0 bridgehead atoms. The molecule has 0 aliphatic carbocycles. The van der Waals surface area contributed by atoms with Crippen LogP contribution in [0.3, 0.4) is 0 Å². The first kappa shape index (κ1) is 13.6. The van der Waals surface area contributed by atoms with E-state index in [1.807, 2.05) is 0 Å². The van der Waals surface area contributed by atoms with Crippen LogP contribution in [0.5, 0.6) is 0 Å². The maximum Gasteiger partial charge on any atom is 0.322 e. The van der Waals surface area contributed by atoms with Crippen LogP contribution in [0.25, 0.3) is 0 Å². The van der Waals surface area contributed by atoms with Crippen LogP contribution >= 0.6 is 11.6 Å². The number of carbonyl (C=O) groups excluding carboxylic acids is 2. The van der Waals surface area contributed by atoms with Gasteiger partial charge in [0, 0.05) is 19.0 Å².